The number of nitrogens with zero attached hydrogens (tertiary/aromatic N) is 2. The maximum atomic E-state index is 13.4. The van der Waals surface area contributed by atoms with Gasteiger partial charge < -0.3 is 19.7 Å². The second-order valence-electron chi connectivity index (χ2n) is 8.82. The van der Waals surface area contributed by atoms with E-state index in [4.69, 9.17) is 9.47 Å². The number of anilines is 2. The highest BCUT2D eigenvalue weighted by atomic mass is 32.2. The molecular weight excluding hydrogens is 458 g/mol. The Morgan fingerprint density at radius 3 is 2.68 bits per heavy atom. The van der Waals surface area contributed by atoms with Crippen LogP contribution in [0.2, 0.25) is 0 Å². The SMILES string of the molecule is CC(=O)N1CCCc2cc(S(=O)(=O)N3CCC[C@H](C(=O)Nc4ccc5c(c4)OCO5)C3)ccc21. The number of sulfonamides is 1. The molecule has 9 nitrogen and oxygen atoms in total. The lowest BCUT2D eigenvalue weighted by Crippen LogP contribution is -2.43. The monoisotopic (exact) mass is 485 g/mol. The summed E-state index contributed by atoms with van der Waals surface area (Å²) in [5.74, 6) is 0.468. The first-order chi connectivity index (χ1) is 16.3. The van der Waals surface area contributed by atoms with Crippen molar-refractivity contribution < 1.29 is 27.5 Å². The average molecular weight is 486 g/mol. The summed E-state index contributed by atoms with van der Waals surface area (Å²) in [6.07, 6.45) is 2.73. The van der Waals surface area contributed by atoms with Gasteiger partial charge in [0.25, 0.3) is 0 Å². The van der Waals surface area contributed by atoms with Crippen LogP contribution in [0.5, 0.6) is 11.5 Å². The van der Waals surface area contributed by atoms with Crippen LogP contribution < -0.4 is 19.7 Å². The number of hydrogen-bond acceptors (Lipinski definition) is 6. The average Bonchev–Trinajstić information content (AvgIpc) is 3.31. The van der Waals surface area contributed by atoms with E-state index in [0.717, 1.165) is 24.1 Å². The van der Waals surface area contributed by atoms with E-state index >= 15 is 0 Å². The number of rotatable bonds is 4. The van der Waals surface area contributed by atoms with Crippen molar-refractivity contribution in [3.63, 3.8) is 0 Å². The summed E-state index contributed by atoms with van der Waals surface area (Å²) in [6, 6.07) is 10.1. The Bertz CT molecular complexity index is 1250. The molecule has 5 rings (SSSR count). The zero-order valence-corrected chi connectivity index (χ0v) is 19.8. The van der Waals surface area contributed by atoms with Gasteiger partial charge in [-0.3, -0.25) is 9.59 Å². The molecule has 2 aromatic carbocycles. The van der Waals surface area contributed by atoms with Crippen LogP contribution in [0, 0.1) is 5.92 Å². The van der Waals surface area contributed by atoms with Crippen molar-refractivity contribution >= 4 is 33.2 Å². The molecule has 3 heterocycles. The molecule has 0 saturated carbocycles. The van der Waals surface area contributed by atoms with Crippen LogP contribution in [0.3, 0.4) is 0 Å². The summed E-state index contributed by atoms with van der Waals surface area (Å²) in [6.45, 7) is 2.79. The fourth-order valence-electron chi connectivity index (χ4n) is 4.80. The zero-order chi connectivity index (χ0) is 23.9. The number of amides is 2. The van der Waals surface area contributed by atoms with E-state index in [2.05, 4.69) is 5.32 Å². The number of piperidine rings is 1. The summed E-state index contributed by atoms with van der Waals surface area (Å²) in [5.41, 5.74) is 2.22. The molecule has 1 saturated heterocycles. The normalized spacial score (nSPS) is 20.0. The van der Waals surface area contributed by atoms with Gasteiger partial charge in [-0.05, 0) is 61.6 Å². The molecule has 1 N–H and O–H groups in total. The van der Waals surface area contributed by atoms with Crippen molar-refractivity contribution in [3.8, 4) is 11.5 Å². The van der Waals surface area contributed by atoms with Gasteiger partial charge in [-0.25, -0.2) is 8.42 Å². The molecule has 0 radical (unpaired) electrons. The first-order valence-electron chi connectivity index (χ1n) is 11.4. The van der Waals surface area contributed by atoms with Crippen LogP contribution in [0.25, 0.3) is 0 Å². The summed E-state index contributed by atoms with van der Waals surface area (Å²) in [5, 5.41) is 2.88. The third-order valence-electron chi connectivity index (χ3n) is 6.58. The van der Waals surface area contributed by atoms with Crippen LogP contribution >= 0.6 is 0 Å². The first kappa shape index (κ1) is 22.7. The van der Waals surface area contributed by atoms with Gasteiger partial charge >= 0.3 is 0 Å². The number of benzene rings is 2. The molecule has 3 aliphatic rings. The Hall–Kier alpha value is -3.11. The Morgan fingerprint density at radius 2 is 1.85 bits per heavy atom. The Morgan fingerprint density at radius 1 is 1.03 bits per heavy atom. The van der Waals surface area contributed by atoms with Crippen LogP contribution in [0.15, 0.2) is 41.3 Å². The van der Waals surface area contributed by atoms with Crippen molar-refractivity contribution in [2.75, 3.05) is 36.6 Å². The molecule has 0 unspecified atom stereocenters. The number of ether oxygens (including phenoxy) is 2. The van der Waals surface area contributed by atoms with E-state index in [9.17, 15) is 18.0 Å². The molecule has 1 fully saturated rings. The van der Waals surface area contributed by atoms with Crippen molar-refractivity contribution in [2.45, 2.75) is 37.5 Å². The minimum atomic E-state index is -3.77. The van der Waals surface area contributed by atoms with Crippen molar-refractivity contribution in [1.29, 1.82) is 0 Å². The number of aryl methyl sites for hydroxylation is 1. The highest BCUT2D eigenvalue weighted by Gasteiger charge is 2.34. The highest BCUT2D eigenvalue weighted by Crippen LogP contribution is 2.35. The van der Waals surface area contributed by atoms with Crippen LogP contribution in [-0.4, -0.2) is 51.0 Å². The number of nitrogens with one attached hydrogen (secondary N) is 1. The summed E-state index contributed by atoms with van der Waals surface area (Å²) < 4.78 is 38.9. The molecule has 34 heavy (non-hydrogen) atoms. The smallest absolute Gasteiger partial charge is 0.243 e. The van der Waals surface area contributed by atoms with Gasteiger partial charge in [0.2, 0.25) is 28.6 Å². The predicted molar refractivity (Wildman–Crippen MR) is 125 cm³/mol. The lowest BCUT2D eigenvalue weighted by molar-refractivity contribution is -0.121. The molecule has 2 aromatic rings. The topological polar surface area (TPSA) is 105 Å². The standard InChI is InChI=1S/C24H27N3O6S/c1-16(28)27-11-3-4-17-12-20(7-8-21(17)27)34(30,31)26-10-2-5-18(14-26)24(29)25-19-6-9-22-23(13-19)33-15-32-22/h6-9,12-13,18H,2-5,10-11,14-15H2,1H3,(H,25,29)/t18-/m0/s1. The van der Waals surface area contributed by atoms with Crippen molar-refractivity contribution in [2.24, 2.45) is 5.92 Å². The van der Waals surface area contributed by atoms with Gasteiger partial charge in [-0.15, -0.1) is 0 Å². The van der Waals surface area contributed by atoms with E-state index in [-0.39, 0.29) is 30.0 Å². The maximum Gasteiger partial charge on any atom is 0.243 e. The third-order valence-corrected chi connectivity index (χ3v) is 8.44. The number of carbonyl (C=O) groups excluding carboxylic acids is 2. The van der Waals surface area contributed by atoms with E-state index in [1.165, 1.54) is 11.2 Å². The number of carbonyl (C=O) groups is 2. The summed E-state index contributed by atoms with van der Waals surface area (Å²) >= 11 is 0. The summed E-state index contributed by atoms with van der Waals surface area (Å²) in [7, 11) is -3.77. The van der Waals surface area contributed by atoms with Gasteiger partial charge in [0.1, 0.15) is 0 Å². The molecule has 0 bridgehead atoms. The molecule has 0 spiro atoms. The molecule has 3 aliphatic heterocycles. The minimum absolute atomic E-state index is 0.0519. The molecule has 0 aliphatic carbocycles. The minimum Gasteiger partial charge on any atom is -0.454 e. The molecular formula is C24H27N3O6S. The fourth-order valence-corrected chi connectivity index (χ4v) is 6.38. The third kappa shape index (κ3) is 4.23. The zero-order valence-electron chi connectivity index (χ0n) is 19.0. The lowest BCUT2D eigenvalue weighted by atomic mass is 9.98. The molecule has 0 aromatic heterocycles. The van der Waals surface area contributed by atoms with Gasteiger partial charge in [0, 0.05) is 44.0 Å². The van der Waals surface area contributed by atoms with Crippen molar-refractivity contribution in [3.05, 3.63) is 42.0 Å². The molecule has 10 heteroatoms. The Balaban J connectivity index is 1.31. The van der Waals surface area contributed by atoms with Gasteiger partial charge in [0.05, 0.1) is 10.8 Å². The van der Waals surface area contributed by atoms with Gasteiger partial charge in [0.15, 0.2) is 11.5 Å². The highest BCUT2D eigenvalue weighted by molar-refractivity contribution is 7.89. The maximum absolute atomic E-state index is 13.4. The molecule has 1 atom stereocenters. The second-order valence-corrected chi connectivity index (χ2v) is 10.8. The quantitative estimate of drug-likeness (QED) is 0.714. The fraction of sp³-hybridized carbons (Fsp3) is 0.417. The van der Waals surface area contributed by atoms with Crippen LogP contribution in [-0.2, 0) is 26.0 Å². The molecule has 2 amide bonds. The Labute approximate surface area is 198 Å². The number of hydrogen-bond donors (Lipinski definition) is 1. The predicted octanol–water partition coefficient (Wildman–Crippen LogP) is 2.75. The van der Waals surface area contributed by atoms with Crippen molar-refractivity contribution in [1.82, 2.24) is 4.31 Å². The molecule has 180 valence electrons. The second kappa shape index (κ2) is 8.92. The Kier molecular flexibility index (Phi) is 5.95. The van der Waals surface area contributed by atoms with E-state index in [1.807, 2.05) is 0 Å². The van der Waals surface area contributed by atoms with E-state index in [1.54, 1.807) is 41.3 Å². The summed E-state index contributed by atoms with van der Waals surface area (Å²) in [4.78, 5) is 26.7. The van der Waals surface area contributed by atoms with Gasteiger partial charge in [-0.2, -0.15) is 4.31 Å². The van der Waals surface area contributed by atoms with E-state index in [0.29, 0.717) is 43.1 Å². The van der Waals surface area contributed by atoms with Crippen LogP contribution in [0.1, 0.15) is 31.7 Å². The largest absolute Gasteiger partial charge is 0.454 e. The first-order valence-corrected chi connectivity index (χ1v) is 12.9. The lowest BCUT2D eigenvalue weighted by Gasteiger charge is -2.32. The van der Waals surface area contributed by atoms with Crippen LogP contribution in [0.4, 0.5) is 11.4 Å². The van der Waals surface area contributed by atoms with E-state index < -0.39 is 15.9 Å². The van der Waals surface area contributed by atoms with Gasteiger partial charge in [-0.1, -0.05) is 0 Å². The number of fused-ring (bicyclic) bond motifs is 2.